The second kappa shape index (κ2) is 7.66. The van der Waals surface area contributed by atoms with Crippen LogP contribution in [0.25, 0.3) is 0 Å². The highest BCUT2D eigenvalue weighted by Crippen LogP contribution is 2.20. The summed E-state index contributed by atoms with van der Waals surface area (Å²) in [6.07, 6.45) is 1.97. The van der Waals surface area contributed by atoms with Gasteiger partial charge < -0.3 is 5.11 Å². The number of sulfonamides is 1. The fraction of sp³-hybridized carbons (Fsp3) is 0.333. The Hall–Kier alpha value is -1.27. The van der Waals surface area contributed by atoms with Crippen molar-refractivity contribution >= 4 is 39.4 Å². The Balaban J connectivity index is 3.02. The van der Waals surface area contributed by atoms with Gasteiger partial charge in [0.1, 0.15) is 12.1 Å². The van der Waals surface area contributed by atoms with Gasteiger partial charge in [0.2, 0.25) is 10.0 Å². The second-order valence-electron chi connectivity index (χ2n) is 4.05. The van der Waals surface area contributed by atoms with Gasteiger partial charge in [-0.2, -0.15) is 21.7 Å². The van der Waals surface area contributed by atoms with E-state index < -0.39 is 22.0 Å². The first-order valence-electron chi connectivity index (χ1n) is 5.75. The third-order valence-corrected chi connectivity index (χ3v) is 5.00. The molecule has 0 saturated carbocycles. The van der Waals surface area contributed by atoms with Gasteiger partial charge >= 0.3 is 5.97 Å². The average molecular weight is 349 g/mol. The molecule has 0 aromatic heterocycles. The Kier molecular flexibility index (Phi) is 6.48. The van der Waals surface area contributed by atoms with Crippen molar-refractivity contribution < 1.29 is 18.3 Å². The Bertz CT molecular complexity index is 670. The zero-order chi connectivity index (χ0) is 16.0. The first kappa shape index (κ1) is 17.8. The first-order valence-corrected chi connectivity index (χ1v) is 9.01. The van der Waals surface area contributed by atoms with Crippen LogP contribution in [0.5, 0.6) is 0 Å². The maximum atomic E-state index is 12.1. The number of carboxylic acids is 1. The van der Waals surface area contributed by atoms with Gasteiger partial charge in [0.15, 0.2) is 0 Å². The molecule has 1 aromatic rings. The lowest BCUT2D eigenvalue weighted by atomic mass is 10.2. The third kappa shape index (κ3) is 4.89. The molecule has 0 unspecified atom stereocenters. The second-order valence-corrected chi connectivity index (χ2v) is 7.15. The Morgan fingerprint density at radius 2 is 2.24 bits per heavy atom. The molecule has 0 aliphatic heterocycles. The van der Waals surface area contributed by atoms with Gasteiger partial charge in [-0.3, -0.25) is 4.79 Å². The van der Waals surface area contributed by atoms with Crippen LogP contribution in [-0.4, -0.2) is 37.5 Å². The molecule has 0 aliphatic carbocycles. The molecule has 0 amide bonds. The smallest absolute Gasteiger partial charge is 0.321 e. The topological polar surface area (TPSA) is 107 Å². The highest BCUT2D eigenvalue weighted by Gasteiger charge is 2.25. The molecule has 0 heterocycles. The number of halogens is 1. The number of carbonyl (C=O) groups is 1. The first-order chi connectivity index (χ1) is 9.81. The molecule has 0 bridgehead atoms. The SMILES string of the molecule is CSCC[C@@H](NS(=O)(=O)c1ccc(C#N)c(Cl)c1)C(=O)O. The summed E-state index contributed by atoms with van der Waals surface area (Å²) in [4.78, 5) is 10.9. The number of aliphatic carboxylic acids is 1. The van der Waals surface area contributed by atoms with Gasteiger partial charge in [0.05, 0.1) is 15.5 Å². The van der Waals surface area contributed by atoms with Crippen molar-refractivity contribution in [2.75, 3.05) is 12.0 Å². The lowest BCUT2D eigenvalue weighted by Gasteiger charge is -2.14. The van der Waals surface area contributed by atoms with Crippen molar-refractivity contribution in [2.24, 2.45) is 0 Å². The maximum absolute atomic E-state index is 12.1. The Morgan fingerprint density at radius 1 is 1.57 bits per heavy atom. The van der Waals surface area contributed by atoms with Crippen LogP contribution in [0.15, 0.2) is 23.1 Å². The standard InChI is InChI=1S/C12H13ClN2O4S2/c1-20-5-4-11(12(16)17)15-21(18,19)9-3-2-8(7-14)10(13)6-9/h2-3,6,11,15H,4-5H2,1H3,(H,16,17)/t11-/m1/s1. The molecule has 1 atom stereocenters. The van der Waals surface area contributed by atoms with Gasteiger partial charge in [-0.15, -0.1) is 0 Å². The molecule has 2 N–H and O–H groups in total. The van der Waals surface area contributed by atoms with Gasteiger partial charge in [-0.1, -0.05) is 11.6 Å². The number of carboxylic acid groups (broad SMARTS) is 1. The van der Waals surface area contributed by atoms with E-state index >= 15 is 0 Å². The van der Waals surface area contributed by atoms with Crippen molar-refractivity contribution in [3.05, 3.63) is 28.8 Å². The van der Waals surface area contributed by atoms with Crippen LogP contribution in [-0.2, 0) is 14.8 Å². The summed E-state index contributed by atoms with van der Waals surface area (Å²) in [7, 11) is -4.02. The van der Waals surface area contributed by atoms with Crippen LogP contribution in [0.4, 0.5) is 0 Å². The number of hydrogen-bond donors (Lipinski definition) is 2. The molecule has 9 heteroatoms. The lowest BCUT2D eigenvalue weighted by molar-refractivity contribution is -0.139. The summed E-state index contributed by atoms with van der Waals surface area (Å²) in [6.45, 7) is 0. The highest BCUT2D eigenvalue weighted by atomic mass is 35.5. The van der Waals surface area contributed by atoms with Crippen molar-refractivity contribution in [1.29, 1.82) is 5.26 Å². The minimum Gasteiger partial charge on any atom is -0.480 e. The summed E-state index contributed by atoms with van der Waals surface area (Å²) in [5.74, 6) is -0.736. The summed E-state index contributed by atoms with van der Waals surface area (Å²) in [5.41, 5.74) is 0.146. The number of nitrogens with zero attached hydrogens (tertiary/aromatic N) is 1. The number of nitriles is 1. The van der Waals surface area contributed by atoms with Gasteiger partial charge in [0, 0.05) is 0 Å². The largest absolute Gasteiger partial charge is 0.480 e. The van der Waals surface area contributed by atoms with Gasteiger partial charge in [-0.05, 0) is 36.6 Å². The van der Waals surface area contributed by atoms with Crippen LogP contribution in [0.1, 0.15) is 12.0 Å². The van der Waals surface area contributed by atoms with Crippen molar-refractivity contribution in [3.63, 3.8) is 0 Å². The molecule has 6 nitrogen and oxygen atoms in total. The van der Waals surface area contributed by atoms with Crippen LogP contribution < -0.4 is 4.72 Å². The van der Waals surface area contributed by atoms with Crippen LogP contribution in [0, 0.1) is 11.3 Å². The number of thioether (sulfide) groups is 1. The zero-order valence-corrected chi connectivity index (χ0v) is 13.4. The Morgan fingerprint density at radius 3 is 2.71 bits per heavy atom. The molecule has 1 aromatic carbocycles. The van der Waals surface area contributed by atoms with Gasteiger partial charge in [0.25, 0.3) is 0 Å². The van der Waals surface area contributed by atoms with E-state index in [2.05, 4.69) is 4.72 Å². The molecule has 0 saturated heterocycles. The predicted octanol–water partition coefficient (Wildman–Crippen LogP) is 1.70. The van der Waals surface area contributed by atoms with E-state index in [0.29, 0.717) is 5.75 Å². The molecule has 0 spiro atoms. The van der Waals surface area contributed by atoms with E-state index in [4.69, 9.17) is 22.0 Å². The number of benzene rings is 1. The molecule has 21 heavy (non-hydrogen) atoms. The Labute approximate surface area is 132 Å². The van der Waals surface area contributed by atoms with E-state index in [0.717, 1.165) is 6.07 Å². The zero-order valence-electron chi connectivity index (χ0n) is 11.0. The van der Waals surface area contributed by atoms with Crippen LogP contribution >= 0.6 is 23.4 Å². The molecule has 0 fully saturated rings. The van der Waals surface area contributed by atoms with Crippen molar-refractivity contribution in [1.82, 2.24) is 4.72 Å². The summed E-state index contributed by atoms with van der Waals surface area (Å²) >= 11 is 7.21. The number of hydrogen-bond acceptors (Lipinski definition) is 5. The minimum atomic E-state index is -4.02. The highest BCUT2D eigenvalue weighted by molar-refractivity contribution is 7.98. The third-order valence-electron chi connectivity index (χ3n) is 2.58. The van der Waals surface area contributed by atoms with E-state index in [1.807, 2.05) is 6.07 Å². The monoisotopic (exact) mass is 348 g/mol. The summed E-state index contributed by atoms with van der Waals surface area (Å²) in [5, 5.41) is 17.8. The van der Waals surface area contributed by atoms with Crippen molar-refractivity contribution in [2.45, 2.75) is 17.4 Å². The fourth-order valence-corrected chi connectivity index (χ4v) is 3.49. The van der Waals surface area contributed by atoms with Crippen molar-refractivity contribution in [3.8, 4) is 6.07 Å². The van der Waals surface area contributed by atoms with E-state index in [-0.39, 0.29) is 21.9 Å². The maximum Gasteiger partial charge on any atom is 0.321 e. The molecule has 114 valence electrons. The summed E-state index contributed by atoms with van der Waals surface area (Å²) in [6, 6.07) is 4.21. The van der Waals surface area contributed by atoms with E-state index in [9.17, 15) is 13.2 Å². The average Bonchev–Trinajstić information content (AvgIpc) is 2.43. The molecular formula is C12H13ClN2O4S2. The summed E-state index contributed by atoms with van der Waals surface area (Å²) < 4.78 is 26.4. The predicted molar refractivity (Wildman–Crippen MR) is 80.9 cm³/mol. The number of nitrogens with one attached hydrogen (secondary N) is 1. The lowest BCUT2D eigenvalue weighted by Crippen LogP contribution is -2.41. The molecule has 0 aliphatic rings. The van der Waals surface area contributed by atoms with Gasteiger partial charge in [-0.25, -0.2) is 8.42 Å². The number of rotatable bonds is 7. The molecule has 1 rings (SSSR count). The van der Waals surface area contributed by atoms with Crippen LogP contribution in [0.2, 0.25) is 5.02 Å². The quantitative estimate of drug-likeness (QED) is 0.776. The molecular weight excluding hydrogens is 336 g/mol. The van der Waals surface area contributed by atoms with E-state index in [1.54, 1.807) is 6.26 Å². The van der Waals surface area contributed by atoms with E-state index in [1.165, 1.54) is 23.9 Å². The fourth-order valence-electron chi connectivity index (χ4n) is 1.48. The minimum absolute atomic E-state index is 0.00337. The van der Waals surface area contributed by atoms with Crippen LogP contribution in [0.3, 0.4) is 0 Å². The molecule has 0 radical (unpaired) electrons. The normalized spacial score (nSPS) is 12.6.